The first-order chi connectivity index (χ1) is 11.6. The molecule has 0 fully saturated rings. The smallest absolute Gasteiger partial charge is 0.335 e. The van der Waals surface area contributed by atoms with Crippen LogP contribution in [0.15, 0.2) is 48.7 Å². The van der Waals surface area contributed by atoms with Crippen LogP contribution in [0.5, 0.6) is 5.75 Å². The van der Waals surface area contributed by atoms with E-state index in [1.54, 1.807) is 36.5 Å². The number of ether oxygens (including phenoxy) is 1. The minimum atomic E-state index is -0.990. The Bertz CT molecular complexity index is 936. The van der Waals surface area contributed by atoms with E-state index in [1.165, 1.54) is 12.1 Å². The normalized spacial score (nSPS) is 10.5. The first-order valence-corrected chi connectivity index (χ1v) is 7.26. The highest BCUT2D eigenvalue weighted by Gasteiger charge is 2.11. The standard InChI is InChI=1S/C18H14N2O4/c19-10-13-11-20(14-3-1-12(2-4-14)18(22)23)17-9-15(24-8-7-21)5-6-16(13)17/h1-6,9,11,21H,7-8H2,(H,22,23). The molecule has 0 amide bonds. The van der Waals surface area contributed by atoms with Crippen LogP contribution >= 0.6 is 0 Å². The fraction of sp³-hybridized carbons (Fsp3) is 0.111. The van der Waals surface area contributed by atoms with Gasteiger partial charge in [-0.25, -0.2) is 4.79 Å². The minimum absolute atomic E-state index is 0.0842. The number of benzene rings is 2. The second-order valence-electron chi connectivity index (χ2n) is 5.13. The molecule has 0 radical (unpaired) electrons. The third kappa shape index (κ3) is 2.81. The molecule has 2 aromatic carbocycles. The van der Waals surface area contributed by atoms with Gasteiger partial charge in [-0.1, -0.05) is 0 Å². The Hall–Kier alpha value is -3.30. The van der Waals surface area contributed by atoms with Crippen molar-refractivity contribution >= 4 is 16.9 Å². The Kier molecular flexibility index (Phi) is 4.18. The van der Waals surface area contributed by atoms with Crippen molar-refractivity contribution in [2.24, 2.45) is 0 Å². The number of hydrogen-bond acceptors (Lipinski definition) is 4. The van der Waals surface area contributed by atoms with Gasteiger partial charge in [-0.05, 0) is 36.4 Å². The summed E-state index contributed by atoms with van der Waals surface area (Å²) < 4.78 is 7.23. The summed E-state index contributed by atoms with van der Waals surface area (Å²) in [7, 11) is 0. The van der Waals surface area contributed by atoms with Crippen LogP contribution in [0, 0.1) is 11.3 Å². The van der Waals surface area contributed by atoms with Gasteiger partial charge in [-0.2, -0.15) is 5.26 Å². The molecule has 0 bridgehead atoms. The number of fused-ring (bicyclic) bond motifs is 1. The van der Waals surface area contributed by atoms with Gasteiger partial charge in [-0.3, -0.25) is 0 Å². The summed E-state index contributed by atoms with van der Waals surface area (Å²) >= 11 is 0. The summed E-state index contributed by atoms with van der Waals surface area (Å²) in [4.78, 5) is 11.0. The highest BCUT2D eigenvalue weighted by Crippen LogP contribution is 2.28. The van der Waals surface area contributed by atoms with E-state index in [2.05, 4.69) is 6.07 Å². The summed E-state index contributed by atoms with van der Waals surface area (Å²) in [5, 5.41) is 27.9. The predicted molar refractivity (Wildman–Crippen MR) is 87.5 cm³/mol. The Morgan fingerprint density at radius 1 is 1.21 bits per heavy atom. The van der Waals surface area contributed by atoms with Crippen molar-refractivity contribution in [3.05, 3.63) is 59.8 Å². The first kappa shape index (κ1) is 15.6. The SMILES string of the molecule is N#Cc1cn(-c2ccc(C(=O)O)cc2)c2cc(OCCO)ccc12. The lowest BCUT2D eigenvalue weighted by atomic mass is 10.2. The second-order valence-corrected chi connectivity index (χ2v) is 5.13. The summed E-state index contributed by atoms with van der Waals surface area (Å²) in [5.41, 5.74) is 2.22. The lowest BCUT2D eigenvalue weighted by molar-refractivity contribution is 0.0697. The molecule has 6 nitrogen and oxygen atoms in total. The number of aliphatic hydroxyl groups excluding tert-OH is 1. The molecule has 0 aliphatic rings. The Morgan fingerprint density at radius 3 is 2.58 bits per heavy atom. The van der Waals surface area contributed by atoms with E-state index in [9.17, 15) is 10.1 Å². The molecule has 120 valence electrons. The van der Waals surface area contributed by atoms with Gasteiger partial charge in [0.05, 0.1) is 23.3 Å². The number of aromatic carboxylic acids is 1. The molecule has 0 spiro atoms. The Balaban J connectivity index is 2.12. The van der Waals surface area contributed by atoms with Crippen LogP contribution in [0.25, 0.3) is 16.6 Å². The summed E-state index contributed by atoms with van der Waals surface area (Å²) in [6.45, 7) is 0.101. The molecule has 0 aliphatic heterocycles. The number of rotatable bonds is 5. The van der Waals surface area contributed by atoms with E-state index in [1.807, 2.05) is 4.57 Å². The number of hydrogen-bond donors (Lipinski definition) is 2. The van der Waals surface area contributed by atoms with Crippen molar-refractivity contribution in [1.29, 1.82) is 5.26 Å². The summed E-state index contributed by atoms with van der Waals surface area (Å²) in [6.07, 6.45) is 1.70. The average molecular weight is 322 g/mol. The second kappa shape index (κ2) is 6.44. The fourth-order valence-corrected chi connectivity index (χ4v) is 2.53. The maximum Gasteiger partial charge on any atom is 0.335 e. The van der Waals surface area contributed by atoms with Crippen LogP contribution < -0.4 is 4.74 Å². The van der Waals surface area contributed by atoms with Gasteiger partial charge < -0.3 is 19.5 Å². The maximum absolute atomic E-state index is 11.0. The number of carboxylic acid groups (broad SMARTS) is 1. The molecular formula is C18H14N2O4. The topological polar surface area (TPSA) is 95.5 Å². The largest absolute Gasteiger partial charge is 0.491 e. The third-order valence-corrected chi connectivity index (χ3v) is 3.65. The monoisotopic (exact) mass is 322 g/mol. The van der Waals surface area contributed by atoms with E-state index in [0.29, 0.717) is 11.3 Å². The number of nitriles is 1. The number of aromatic nitrogens is 1. The van der Waals surface area contributed by atoms with Gasteiger partial charge in [0.1, 0.15) is 18.4 Å². The highest BCUT2D eigenvalue weighted by atomic mass is 16.5. The molecule has 0 aliphatic carbocycles. The zero-order valence-corrected chi connectivity index (χ0v) is 12.6. The first-order valence-electron chi connectivity index (χ1n) is 7.26. The van der Waals surface area contributed by atoms with Gasteiger partial charge in [0.2, 0.25) is 0 Å². The van der Waals surface area contributed by atoms with E-state index >= 15 is 0 Å². The van der Waals surface area contributed by atoms with Gasteiger partial charge >= 0.3 is 5.97 Å². The number of carboxylic acids is 1. The van der Waals surface area contributed by atoms with Crippen LogP contribution in [0.3, 0.4) is 0 Å². The quantitative estimate of drug-likeness (QED) is 0.752. The molecule has 1 heterocycles. The Labute approximate surface area is 137 Å². The van der Waals surface area contributed by atoms with Crippen molar-refractivity contribution in [3.8, 4) is 17.5 Å². The minimum Gasteiger partial charge on any atom is -0.491 e. The molecule has 1 aromatic heterocycles. The molecule has 3 rings (SSSR count). The fourth-order valence-electron chi connectivity index (χ4n) is 2.53. The lowest BCUT2D eigenvalue weighted by Crippen LogP contribution is -2.01. The molecule has 3 aromatic rings. The van der Waals surface area contributed by atoms with Gasteiger partial charge in [0, 0.05) is 23.3 Å². The molecule has 0 saturated heterocycles. The highest BCUT2D eigenvalue weighted by molar-refractivity contribution is 5.90. The van der Waals surface area contributed by atoms with Crippen LogP contribution in [0.1, 0.15) is 15.9 Å². The molecule has 24 heavy (non-hydrogen) atoms. The van der Waals surface area contributed by atoms with Gasteiger partial charge in [0.25, 0.3) is 0 Å². The molecule has 6 heteroatoms. The summed E-state index contributed by atoms with van der Waals surface area (Å²) in [5.74, 6) is -0.404. The predicted octanol–water partition coefficient (Wildman–Crippen LogP) is 2.57. The van der Waals surface area contributed by atoms with Crippen LogP contribution in [-0.4, -0.2) is 34.0 Å². The molecule has 0 saturated carbocycles. The van der Waals surface area contributed by atoms with E-state index in [0.717, 1.165) is 16.6 Å². The zero-order chi connectivity index (χ0) is 17.1. The van der Waals surface area contributed by atoms with Crippen LogP contribution in [0.4, 0.5) is 0 Å². The zero-order valence-electron chi connectivity index (χ0n) is 12.6. The van der Waals surface area contributed by atoms with Crippen LogP contribution in [-0.2, 0) is 0 Å². The van der Waals surface area contributed by atoms with E-state index in [-0.39, 0.29) is 18.8 Å². The summed E-state index contributed by atoms with van der Waals surface area (Å²) in [6, 6.07) is 13.9. The molecule has 0 atom stereocenters. The van der Waals surface area contributed by atoms with Gasteiger partial charge in [-0.15, -0.1) is 0 Å². The Morgan fingerprint density at radius 2 is 1.96 bits per heavy atom. The third-order valence-electron chi connectivity index (χ3n) is 3.65. The maximum atomic E-state index is 11.0. The van der Waals surface area contributed by atoms with Crippen molar-refractivity contribution in [1.82, 2.24) is 4.57 Å². The van der Waals surface area contributed by atoms with Crippen LogP contribution in [0.2, 0.25) is 0 Å². The van der Waals surface area contributed by atoms with E-state index in [4.69, 9.17) is 14.9 Å². The molecular weight excluding hydrogens is 308 g/mol. The number of carbonyl (C=O) groups is 1. The van der Waals surface area contributed by atoms with Crippen molar-refractivity contribution in [2.45, 2.75) is 0 Å². The molecule has 0 unspecified atom stereocenters. The van der Waals surface area contributed by atoms with Crippen molar-refractivity contribution in [2.75, 3.05) is 13.2 Å². The average Bonchev–Trinajstić information content (AvgIpc) is 2.98. The van der Waals surface area contributed by atoms with E-state index < -0.39 is 5.97 Å². The number of aliphatic hydroxyl groups is 1. The molecule has 2 N–H and O–H groups in total. The lowest BCUT2D eigenvalue weighted by Gasteiger charge is -2.08. The number of nitrogens with zero attached hydrogens (tertiary/aromatic N) is 2. The van der Waals surface area contributed by atoms with Gasteiger partial charge in [0.15, 0.2) is 0 Å². The van der Waals surface area contributed by atoms with Crippen molar-refractivity contribution < 1.29 is 19.7 Å². The van der Waals surface area contributed by atoms with Crippen molar-refractivity contribution in [3.63, 3.8) is 0 Å².